The molecular weight excluding hydrogens is 180 g/mol. The molecule has 0 saturated heterocycles. The molecule has 0 aromatic rings. The van der Waals surface area contributed by atoms with Crippen LogP contribution in [0.3, 0.4) is 0 Å². The van der Waals surface area contributed by atoms with Gasteiger partial charge in [0.2, 0.25) is 0 Å². The lowest BCUT2D eigenvalue weighted by molar-refractivity contribution is -0.380. The molecule has 1 aliphatic carbocycles. The van der Waals surface area contributed by atoms with Crippen molar-refractivity contribution in [3.8, 4) is 0 Å². The van der Waals surface area contributed by atoms with Crippen molar-refractivity contribution in [2.24, 2.45) is 0 Å². The Balaban J connectivity index is 2.56. The maximum Gasteiger partial charge on any atom is 0.178 e. The second kappa shape index (κ2) is 3.67. The molecular formula is C11H16O3. The van der Waals surface area contributed by atoms with E-state index in [1.807, 2.05) is 27.7 Å². The summed E-state index contributed by atoms with van der Waals surface area (Å²) in [4.78, 5) is 21.3. The van der Waals surface area contributed by atoms with E-state index in [-0.39, 0.29) is 11.4 Å². The highest BCUT2D eigenvalue weighted by atomic mass is 17.2. The summed E-state index contributed by atoms with van der Waals surface area (Å²) in [5.41, 5.74) is -0.993. The Kier molecular flexibility index (Phi) is 2.92. The predicted octanol–water partition coefficient (Wildman–Crippen LogP) is 2.19. The van der Waals surface area contributed by atoms with Crippen LogP contribution < -0.4 is 0 Å². The van der Waals surface area contributed by atoms with E-state index < -0.39 is 5.60 Å². The topological polar surface area (TPSA) is 35.5 Å². The standard InChI is InChI=1S/C11H16O3/c1-10(2,3)13-14-11(4)7-5-9(12)6-8-11/h5-8H,1-4H3. The lowest BCUT2D eigenvalue weighted by Crippen LogP contribution is -2.31. The van der Waals surface area contributed by atoms with Gasteiger partial charge in [-0.3, -0.25) is 4.79 Å². The highest BCUT2D eigenvalue weighted by Crippen LogP contribution is 2.21. The third-order valence-electron chi connectivity index (χ3n) is 1.63. The van der Waals surface area contributed by atoms with Crippen molar-refractivity contribution in [1.82, 2.24) is 0 Å². The smallest absolute Gasteiger partial charge is 0.178 e. The van der Waals surface area contributed by atoms with Gasteiger partial charge in [0, 0.05) is 0 Å². The molecule has 0 saturated carbocycles. The summed E-state index contributed by atoms with van der Waals surface area (Å²) in [7, 11) is 0. The maximum absolute atomic E-state index is 10.9. The average Bonchev–Trinajstić information content (AvgIpc) is 2.07. The van der Waals surface area contributed by atoms with E-state index in [0.29, 0.717) is 0 Å². The monoisotopic (exact) mass is 196 g/mol. The molecule has 0 amide bonds. The number of hydrogen-bond donors (Lipinski definition) is 0. The van der Waals surface area contributed by atoms with Crippen molar-refractivity contribution < 1.29 is 14.6 Å². The zero-order valence-corrected chi connectivity index (χ0v) is 9.03. The van der Waals surface area contributed by atoms with Crippen LogP contribution in [0.5, 0.6) is 0 Å². The van der Waals surface area contributed by atoms with Gasteiger partial charge in [-0.25, -0.2) is 9.78 Å². The third-order valence-corrected chi connectivity index (χ3v) is 1.63. The molecule has 14 heavy (non-hydrogen) atoms. The molecule has 0 heterocycles. The van der Waals surface area contributed by atoms with Crippen LogP contribution in [-0.4, -0.2) is 17.0 Å². The molecule has 1 rings (SSSR count). The number of carbonyl (C=O) groups excluding carboxylic acids is 1. The molecule has 0 unspecified atom stereocenters. The summed E-state index contributed by atoms with van der Waals surface area (Å²) in [5, 5.41) is 0. The number of allylic oxidation sites excluding steroid dienone is 2. The van der Waals surface area contributed by atoms with Crippen LogP contribution in [-0.2, 0) is 14.6 Å². The van der Waals surface area contributed by atoms with Gasteiger partial charge in [0.25, 0.3) is 0 Å². The molecule has 0 bridgehead atoms. The predicted molar refractivity (Wildman–Crippen MR) is 53.6 cm³/mol. The van der Waals surface area contributed by atoms with Crippen LogP contribution in [0.2, 0.25) is 0 Å². The van der Waals surface area contributed by atoms with Crippen molar-refractivity contribution in [2.45, 2.75) is 38.9 Å². The fourth-order valence-electron chi connectivity index (χ4n) is 0.877. The molecule has 0 aromatic carbocycles. The van der Waals surface area contributed by atoms with E-state index in [9.17, 15) is 4.79 Å². The van der Waals surface area contributed by atoms with Crippen LogP contribution in [0.15, 0.2) is 24.3 Å². The second-order valence-electron chi connectivity index (χ2n) is 4.53. The summed E-state index contributed by atoms with van der Waals surface area (Å²) in [6, 6.07) is 0. The first kappa shape index (κ1) is 11.1. The molecule has 78 valence electrons. The van der Waals surface area contributed by atoms with E-state index in [1.165, 1.54) is 12.2 Å². The first-order valence-electron chi connectivity index (χ1n) is 4.60. The minimum atomic E-state index is -0.638. The largest absolute Gasteiger partial charge is 0.290 e. The Morgan fingerprint density at radius 3 is 2.14 bits per heavy atom. The quantitative estimate of drug-likeness (QED) is 0.501. The Bertz CT molecular complexity index is 265. The van der Waals surface area contributed by atoms with Gasteiger partial charge in [0.1, 0.15) is 5.60 Å². The van der Waals surface area contributed by atoms with E-state index in [1.54, 1.807) is 12.2 Å². The van der Waals surface area contributed by atoms with Gasteiger partial charge in [0.05, 0.1) is 5.60 Å². The number of rotatable bonds is 2. The van der Waals surface area contributed by atoms with Crippen LogP contribution in [0.4, 0.5) is 0 Å². The van der Waals surface area contributed by atoms with Crippen molar-refractivity contribution in [3.63, 3.8) is 0 Å². The second-order valence-corrected chi connectivity index (χ2v) is 4.53. The normalized spacial score (nSPS) is 20.1. The molecule has 0 N–H and O–H groups in total. The van der Waals surface area contributed by atoms with Gasteiger partial charge in [0.15, 0.2) is 5.78 Å². The SMILES string of the molecule is CC(C)(C)OOC1(C)C=CC(=O)C=C1. The summed E-state index contributed by atoms with van der Waals surface area (Å²) < 4.78 is 0. The zero-order chi connectivity index (χ0) is 10.8. The van der Waals surface area contributed by atoms with E-state index in [2.05, 4.69) is 0 Å². The molecule has 0 aromatic heterocycles. The first-order chi connectivity index (χ1) is 6.31. The maximum atomic E-state index is 10.9. The van der Waals surface area contributed by atoms with E-state index in [4.69, 9.17) is 9.78 Å². The Hall–Kier alpha value is -0.930. The Morgan fingerprint density at radius 1 is 1.21 bits per heavy atom. The van der Waals surface area contributed by atoms with Crippen LogP contribution in [0.1, 0.15) is 27.7 Å². The minimum absolute atomic E-state index is 0.0261. The highest BCUT2D eigenvalue weighted by molar-refractivity contribution is 6.00. The third kappa shape index (κ3) is 3.44. The summed E-state index contributed by atoms with van der Waals surface area (Å²) in [6.45, 7) is 7.53. The van der Waals surface area contributed by atoms with Crippen LogP contribution in [0, 0.1) is 0 Å². The molecule has 0 radical (unpaired) electrons. The molecule has 3 heteroatoms. The number of ketones is 1. The van der Waals surface area contributed by atoms with Gasteiger partial charge < -0.3 is 0 Å². The summed E-state index contributed by atoms with van der Waals surface area (Å²) >= 11 is 0. The fourth-order valence-corrected chi connectivity index (χ4v) is 0.877. The first-order valence-corrected chi connectivity index (χ1v) is 4.60. The van der Waals surface area contributed by atoms with Gasteiger partial charge in [-0.2, -0.15) is 0 Å². The highest BCUT2D eigenvalue weighted by Gasteiger charge is 2.25. The molecule has 3 nitrogen and oxygen atoms in total. The van der Waals surface area contributed by atoms with E-state index >= 15 is 0 Å². The van der Waals surface area contributed by atoms with Crippen molar-refractivity contribution in [3.05, 3.63) is 24.3 Å². The van der Waals surface area contributed by atoms with Crippen molar-refractivity contribution in [2.75, 3.05) is 0 Å². The average molecular weight is 196 g/mol. The van der Waals surface area contributed by atoms with Gasteiger partial charge in [-0.05, 0) is 52.0 Å². The number of hydrogen-bond acceptors (Lipinski definition) is 3. The van der Waals surface area contributed by atoms with E-state index in [0.717, 1.165) is 0 Å². The van der Waals surface area contributed by atoms with Gasteiger partial charge in [-0.1, -0.05) is 0 Å². The molecule has 0 aliphatic heterocycles. The molecule has 0 fully saturated rings. The summed E-state index contributed by atoms with van der Waals surface area (Å²) in [5.74, 6) is -0.0261. The number of carbonyl (C=O) groups is 1. The lowest BCUT2D eigenvalue weighted by Gasteiger charge is -2.27. The molecule has 0 spiro atoms. The Labute approximate surface area is 84.3 Å². The van der Waals surface area contributed by atoms with Crippen LogP contribution in [0.25, 0.3) is 0 Å². The van der Waals surface area contributed by atoms with Crippen molar-refractivity contribution in [1.29, 1.82) is 0 Å². The fraction of sp³-hybridized carbons (Fsp3) is 0.545. The zero-order valence-electron chi connectivity index (χ0n) is 9.03. The van der Waals surface area contributed by atoms with Crippen LogP contribution >= 0.6 is 0 Å². The summed E-state index contributed by atoms with van der Waals surface area (Å²) in [6.07, 6.45) is 6.32. The van der Waals surface area contributed by atoms with Crippen molar-refractivity contribution >= 4 is 5.78 Å². The molecule has 0 atom stereocenters. The van der Waals surface area contributed by atoms with Gasteiger partial charge >= 0.3 is 0 Å². The van der Waals surface area contributed by atoms with Gasteiger partial charge in [-0.15, -0.1) is 0 Å². The molecule has 1 aliphatic rings. The minimum Gasteiger partial charge on any atom is -0.290 e. The Morgan fingerprint density at radius 2 is 1.71 bits per heavy atom. The lowest BCUT2D eigenvalue weighted by atomic mass is 10.0.